The van der Waals surface area contributed by atoms with E-state index in [0.717, 1.165) is 35.9 Å². The summed E-state index contributed by atoms with van der Waals surface area (Å²) in [5.74, 6) is 1.46. The lowest BCUT2D eigenvalue weighted by molar-refractivity contribution is 0.0950. The van der Waals surface area contributed by atoms with Crippen molar-refractivity contribution in [2.45, 2.75) is 19.4 Å². The molecule has 8 heteroatoms. The molecule has 0 aliphatic heterocycles. The number of hydrogen-bond acceptors (Lipinski definition) is 6. The first-order valence-corrected chi connectivity index (χ1v) is 11.2. The van der Waals surface area contributed by atoms with Crippen molar-refractivity contribution < 1.29 is 9.53 Å². The summed E-state index contributed by atoms with van der Waals surface area (Å²) in [6.07, 6.45) is 5.17. The number of rotatable bonds is 8. The molecule has 0 unspecified atom stereocenters. The van der Waals surface area contributed by atoms with Gasteiger partial charge in [-0.25, -0.2) is 9.97 Å². The molecule has 5 aromatic rings. The van der Waals surface area contributed by atoms with Gasteiger partial charge < -0.3 is 20.4 Å². The minimum atomic E-state index is -0.159. The van der Waals surface area contributed by atoms with Crippen molar-refractivity contribution in [3.8, 4) is 11.5 Å². The lowest BCUT2D eigenvalue weighted by Crippen LogP contribution is -2.25. The number of nitrogens with zero attached hydrogens (tertiary/aromatic N) is 4. The van der Waals surface area contributed by atoms with Crippen LogP contribution in [0.2, 0.25) is 0 Å². The molecule has 3 heterocycles. The quantitative estimate of drug-likeness (QED) is 0.334. The first-order chi connectivity index (χ1) is 16.7. The number of nitrogen functional groups attached to an aromatic ring is 1. The van der Waals surface area contributed by atoms with Gasteiger partial charge in [0.05, 0.1) is 17.4 Å². The maximum atomic E-state index is 12.8. The minimum Gasteiger partial charge on any atom is -0.457 e. The second kappa shape index (κ2) is 9.58. The average Bonchev–Trinajstić information content (AvgIpc) is 3.30. The van der Waals surface area contributed by atoms with E-state index in [1.54, 1.807) is 24.7 Å². The van der Waals surface area contributed by atoms with Crippen molar-refractivity contribution in [1.29, 1.82) is 0 Å². The van der Waals surface area contributed by atoms with E-state index in [0.29, 0.717) is 34.9 Å². The Kier molecular flexibility index (Phi) is 6.03. The van der Waals surface area contributed by atoms with E-state index >= 15 is 0 Å². The van der Waals surface area contributed by atoms with Crippen LogP contribution in [-0.4, -0.2) is 32.0 Å². The number of pyridine rings is 2. The molecule has 0 spiro atoms. The molecule has 3 aromatic heterocycles. The summed E-state index contributed by atoms with van der Waals surface area (Å²) in [6.45, 7) is 1.28. The van der Waals surface area contributed by atoms with E-state index in [9.17, 15) is 4.79 Å². The molecule has 0 saturated heterocycles. The zero-order valence-electron chi connectivity index (χ0n) is 18.5. The van der Waals surface area contributed by atoms with Crippen LogP contribution in [0.5, 0.6) is 11.5 Å². The molecule has 0 aliphatic rings. The molecule has 3 N–H and O–H groups in total. The van der Waals surface area contributed by atoms with Crippen LogP contribution in [0.3, 0.4) is 0 Å². The first kappa shape index (κ1) is 21.4. The molecular formula is C26H24N6O2. The third-order valence-corrected chi connectivity index (χ3v) is 5.55. The Labute approximate surface area is 196 Å². The zero-order chi connectivity index (χ0) is 23.3. The van der Waals surface area contributed by atoms with Crippen LogP contribution in [0.1, 0.15) is 23.2 Å². The normalized spacial score (nSPS) is 11.1. The van der Waals surface area contributed by atoms with Gasteiger partial charge in [-0.2, -0.15) is 0 Å². The highest BCUT2D eigenvalue weighted by Gasteiger charge is 2.14. The van der Waals surface area contributed by atoms with Gasteiger partial charge in [-0.3, -0.25) is 9.78 Å². The summed E-state index contributed by atoms with van der Waals surface area (Å²) in [5.41, 5.74) is 9.68. The zero-order valence-corrected chi connectivity index (χ0v) is 18.5. The van der Waals surface area contributed by atoms with Crippen LogP contribution in [0.4, 0.5) is 5.82 Å². The minimum absolute atomic E-state index is 0.159. The summed E-state index contributed by atoms with van der Waals surface area (Å²) >= 11 is 0. The number of carbonyl (C=O) groups excluding carboxylic acids is 1. The Morgan fingerprint density at radius 2 is 1.76 bits per heavy atom. The van der Waals surface area contributed by atoms with Crippen LogP contribution in [0, 0.1) is 0 Å². The van der Waals surface area contributed by atoms with Crippen LogP contribution >= 0.6 is 0 Å². The molecule has 34 heavy (non-hydrogen) atoms. The van der Waals surface area contributed by atoms with Gasteiger partial charge in [0.15, 0.2) is 5.82 Å². The van der Waals surface area contributed by atoms with Gasteiger partial charge in [-0.05, 0) is 49.2 Å². The molecule has 0 bridgehead atoms. The maximum Gasteiger partial charge on any atom is 0.255 e. The predicted octanol–water partition coefficient (Wildman–Crippen LogP) is 4.56. The molecular weight excluding hydrogens is 428 g/mol. The lowest BCUT2D eigenvalue weighted by atomic mass is 10.2. The van der Waals surface area contributed by atoms with E-state index in [2.05, 4.69) is 20.3 Å². The number of ether oxygens (including phenoxy) is 1. The highest BCUT2D eigenvalue weighted by atomic mass is 16.5. The largest absolute Gasteiger partial charge is 0.457 e. The highest BCUT2D eigenvalue weighted by molar-refractivity contribution is 6.04. The van der Waals surface area contributed by atoms with E-state index in [1.165, 1.54) is 0 Å². The number of nitrogens with two attached hydrogens (primary N) is 1. The number of imidazole rings is 1. The SMILES string of the molecule is Nc1nc2cccnc2c2c1ncn2CCCCNC(=O)c1ccccc1Oc1ccccc1. The summed E-state index contributed by atoms with van der Waals surface area (Å²) in [4.78, 5) is 26.1. The molecule has 5 rings (SSSR count). The van der Waals surface area contributed by atoms with Gasteiger partial charge in [0, 0.05) is 19.3 Å². The third-order valence-electron chi connectivity index (χ3n) is 5.55. The summed E-state index contributed by atoms with van der Waals surface area (Å²) in [6, 6.07) is 20.4. The van der Waals surface area contributed by atoms with Gasteiger partial charge >= 0.3 is 0 Å². The van der Waals surface area contributed by atoms with Gasteiger partial charge in [0.2, 0.25) is 0 Å². The topological polar surface area (TPSA) is 108 Å². The number of fused-ring (bicyclic) bond motifs is 3. The molecule has 0 fully saturated rings. The number of unbranched alkanes of at least 4 members (excludes halogenated alkanes) is 1. The molecule has 2 aromatic carbocycles. The standard InChI is InChI=1S/C26H24N6O2/c27-25-23-24(22-20(31-25)12-8-15-28-22)32(17-30-23)16-7-6-14-29-26(33)19-11-4-5-13-21(19)34-18-9-2-1-3-10-18/h1-5,8-13,15,17H,6-7,14,16H2,(H2,27,31)(H,29,33). The number of aromatic nitrogens is 4. The highest BCUT2D eigenvalue weighted by Crippen LogP contribution is 2.26. The van der Waals surface area contributed by atoms with Crippen molar-refractivity contribution in [3.05, 3.63) is 84.8 Å². The Hall–Kier alpha value is -4.46. The number of anilines is 1. The van der Waals surface area contributed by atoms with Crippen molar-refractivity contribution >= 4 is 33.8 Å². The Bertz CT molecular complexity index is 1450. The molecule has 0 aliphatic carbocycles. The van der Waals surface area contributed by atoms with Crippen LogP contribution < -0.4 is 15.8 Å². The Morgan fingerprint density at radius 1 is 0.941 bits per heavy atom. The van der Waals surface area contributed by atoms with Crippen LogP contribution in [-0.2, 0) is 6.54 Å². The van der Waals surface area contributed by atoms with Crippen molar-refractivity contribution in [1.82, 2.24) is 24.8 Å². The predicted molar refractivity (Wildman–Crippen MR) is 132 cm³/mol. The Morgan fingerprint density at radius 3 is 2.65 bits per heavy atom. The number of aryl methyl sites for hydroxylation is 1. The number of nitrogens with one attached hydrogen (secondary N) is 1. The van der Waals surface area contributed by atoms with E-state index in [1.807, 2.05) is 59.2 Å². The number of amides is 1. The molecule has 0 radical (unpaired) electrons. The summed E-state index contributed by atoms with van der Waals surface area (Å²) < 4.78 is 7.95. The fourth-order valence-corrected chi connectivity index (χ4v) is 3.90. The van der Waals surface area contributed by atoms with E-state index in [-0.39, 0.29) is 5.91 Å². The fourth-order valence-electron chi connectivity index (χ4n) is 3.90. The second-order valence-electron chi connectivity index (χ2n) is 7.88. The molecule has 170 valence electrons. The number of para-hydroxylation sites is 2. The van der Waals surface area contributed by atoms with E-state index in [4.69, 9.17) is 10.5 Å². The lowest BCUT2D eigenvalue weighted by Gasteiger charge is -2.11. The first-order valence-electron chi connectivity index (χ1n) is 11.2. The van der Waals surface area contributed by atoms with Crippen molar-refractivity contribution in [3.63, 3.8) is 0 Å². The van der Waals surface area contributed by atoms with Gasteiger partial charge in [-0.15, -0.1) is 0 Å². The number of carbonyl (C=O) groups is 1. The van der Waals surface area contributed by atoms with Crippen LogP contribution in [0.15, 0.2) is 79.3 Å². The van der Waals surface area contributed by atoms with Gasteiger partial charge in [-0.1, -0.05) is 30.3 Å². The van der Waals surface area contributed by atoms with E-state index < -0.39 is 0 Å². The monoisotopic (exact) mass is 452 g/mol. The molecule has 0 saturated carbocycles. The smallest absolute Gasteiger partial charge is 0.255 e. The summed E-state index contributed by atoms with van der Waals surface area (Å²) in [7, 11) is 0. The van der Waals surface area contributed by atoms with Crippen LogP contribution in [0.25, 0.3) is 22.1 Å². The molecule has 0 atom stereocenters. The van der Waals surface area contributed by atoms with Gasteiger partial charge in [0.25, 0.3) is 5.91 Å². The summed E-state index contributed by atoms with van der Waals surface area (Å²) in [5, 5.41) is 2.99. The maximum absolute atomic E-state index is 12.8. The molecule has 8 nitrogen and oxygen atoms in total. The average molecular weight is 453 g/mol. The fraction of sp³-hybridized carbons (Fsp3) is 0.154. The van der Waals surface area contributed by atoms with Crippen molar-refractivity contribution in [2.24, 2.45) is 0 Å². The molecule has 1 amide bonds. The third kappa shape index (κ3) is 4.38. The number of benzene rings is 2. The Balaban J connectivity index is 1.20. The second-order valence-corrected chi connectivity index (χ2v) is 7.88. The van der Waals surface area contributed by atoms with Crippen molar-refractivity contribution in [2.75, 3.05) is 12.3 Å². The van der Waals surface area contributed by atoms with Gasteiger partial charge in [0.1, 0.15) is 28.0 Å². The number of hydrogen-bond donors (Lipinski definition) is 2.